The summed E-state index contributed by atoms with van der Waals surface area (Å²) < 4.78 is 0. The van der Waals surface area contributed by atoms with Crippen LogP contribution in [0.25, 0.3) is 0 Å². The standard InChI is InChI=1S/C28H34/c1-4-5-12-19-28(21-25-13-8-6-9-14-25,22-26-15-10-7-11-16-26)27-18-17-23(2)24(3)20-27/h6-11,13-18,20H,4-5,12,19,21-22H2,1-3H3. The highest BCUT2D eigenvalue weighted by Gasteiger charge is 2.32. The van der Waals surface area contributed by atoms with E-state index >= 15 is 0 Å². The Balaban J connectivity index is 2.06. The van der Waals surface area contributed by atoms with Crippen molar-refractivity contribution in [2.45, 2.75) is 64.7 Å². The van der Waals surface area contributed by atoms with E-state index in [9.17, 15) is 0 Å². The molecule has 0 bridgehead atoms. The Kier molecular flexibility index (Phi) is 7.09. The first-order valence-electron chi connectivity index (χ1n) is 10.8. The molecule has 28 heavy (non-hydrogen) atoms. The fourth-order valence-corrected chi connectivity index (χ4v) is 4.35. The lowest BCUT2D eigenvalue weighted by atomic mass is 9.68. The molecule has 3 aromatic rings. The number of aryl methyl sites for hydroxylation is 2. The van der Waals surface area contributed by atoms with E-state index in [4.69, 9.17) is 0 Å². The minimum Gasteiger partial charge on any atom is -0.0654 e. The van der Waals surface area contributed by atoms with Gasteiger partial charge in [0.1, 0.15) is 0 Å². The van der Waals surface area contributed by atoms with Crippen molar-refractivity contribution in [2.75, 3.05) is 0 Å². The van der Waals surface area contributed by atoms with Gasteiger partial charge in [-0.05, 0) is 60.9 Å². The van der Waals surface area contributed by atoms with Crippen molar-refractivity contribution >= 4 is 0 Å². The Morgan fingerprint density at radius 1 is 0.643 bits per heavy atom. The van der Waals surface area contributed by atoms with E-state index in [1.165, 1.54) is 53.5 Å². The summed E-state index contributed by atoms with van der Waals surface area (Å²) in [5.41, 5.74) is 7.29. The van der Waals surface area contributed by atoms with Crippen molar-refractivity contribution in [3.05, 3.63) is 107 Å². The van der Waals surface area contributed by atoms with Crippen molar-refractivity contribution in [1.29, 1.82) is 0 Å². The fraction of sp³-hybridized carbons (Fsp3) is 0.357. The van der Waals surface area contributed by atoms with Crippen LogP contribution in [0.2, 0.25) is 0 Å². The largest absolute Gasteiger partial charge is 0.0654 e. The molecule has 0 aromatic heterocycles. The van der Waals surface area contributed by atoms with Crippen molar-refractivity contribution in [2.24, 2.45) is 0 Å². The summed E-state index contributed by atoms with van der Waals surface area (Å²) in [4.78, 5) is 0. The van der Waals surface area contributed by atoms with Crippen LogP contribution in [-0.2, 0) is 18.3 Å². The molecule has 0 fully saturated rings. The molecule has 0 heteroatoms. The van der Waals surface area contributed by atoms with E-state index in [1.807, 2.05) is 0 Å². The van der Waals surface area contributed by atoms with Gasteiger partial charge in [0.15, 0.2) is 0 Å². The maximum atomic E-state index is 2.45. The molecule has 0 N–H and O–H groups in total. The summed E-state index contributed by atoms with van der Waals surface area (Å²) in [5.74, 6) is 0. The number of hydrogen-bond donors (Lipinski definition) is 0. The minimum absolute atomic E-state index is 0.135. The normalized spacial score (nSPS) is 11.5. The van der Waals surface area contributed by atoms with E-state index < -0.39 is 0 Å². The lowest BCUT2D eigenvalue weighted by Crippen LogP contribution is -2.32. The van der Waals surface area contributed by atoms with Crippen LogP contribution in [0.1, 0.15) is 60.4 Å². The third-order valence-corrected chi connectivity index (χ3v) is 6.15. The van der Waals surface area contributed by atoms with E-state index in [0.717, 1.165) is 12.8 Å². The first-order valence-corrected chi connectivity index (χ1v) is 10.8. The zero-order valence-corrected chi connectivity index (χ0v) is 17.7. The van der Waals surface area contributed by atoms with Crippen LogP contribution in [0.4, 0.5) is 0 Å². The third kappa shape index (κ3) is 5.13. The molecule has 0 unspecified atom stereocenters. The number of hydrogen-bond acceptors (Lipinski definition) is 0. The Bertz CT molecular complexity index is 804. The molecule has 146 valence electrons. The van der Waals surface area contributed by atoms with Crippen molar-refractivity contribution < 1.29 is 0 Å². The van der Waals surface area contributed by atoms with Gasteiger partial charge < -0.3 is 0 Å². The van der Waals surface area contributed by atoms with Crippen LogP contribution < -0.4 is 0 Å². The second-order valence-corrected chi connectivity index (χ2v) is 8.36. The zero-order chi connectivity index (χ0) is 19.8. The number of rotatable bonds is 9. The van der Waals surface area contributed by atoms with Crippen molar-refractivity contribution in [1.82, 2.24) is 0 Å². The van der Waals surface area contributed by atoms with Gasteiger partial charge in [-0.15, -0.1) is 0 Å². The van der Waals surface area contributed by atoms with Gasteiger partial charge in [-0.2, -0.15) is 0 Å². The van der Waals surface area contributed by atoms with E-state index in [2.05, 4.69) is 99.6 Å². The molecule has 0 heterocycles. The fourth-order valence-electron chi connectivity index (χ4n) is 4.35. The molecule has 0 atom stereocenters. The van der Waals surface area contributed by atoms with Crippen LogP contribution in [0, 0.1) is 13.8 Å². The molecule has 0 nitrogen and oxygen atoms in total. The SMILES string of the molecule is CCCCCC(Cc1ccccc1)(Cc1ccccc1)c1ccc(C)c(C)c1. The maximum Gasteiger partial charge on any atom is 0.00337 e. The Morgan fingerprint density at radius 2 is 1.21 bits per heavy atom. The predicted octanol–water partition coefficient (Wildman–Crippen LogP) is 7.61. The monoisotopic (exact) mass is 370 g/mol. The molecule has 0 aliphatic heterocycles. The van der Waals surface area contributed by atoms with Crippen LogP contribution in [0.5, 0.6) is 0 Å². The summed E-state index contributed by atoms with van der Waals surface area (Å²) in [6.07, 6.45) is 7.26. The van der Waals surface area contributed by atoms with Crippen LogP contribution in [0.3, 0.4) is 0 Å². The number of benzene rings is 3. The molecule has 0 saturated heterocycles. The zero-order valence-electron chi connectivity index (χ0n) is 17.7. The van der Waals surface area contributed by atoms with Gasteiger partial charge in [0, 0.05) is 5.41 Å². The van der Waals surface area contributed by atoms with Crippen molar-refractivity contribution in [3.8, 4) is 0 Å². The average molecular weight is 371 g/mol. The molecule has 0 aliphatic carbocycles. The Labute approximate surface area is 171 Å². The summed E-state index contributed by atoms with van der Waals surface area (Å²) in [5, 5.41) is 0. The van der Waals surface area contributed by atoms with Gasteiger partial charge in [-0.1, -0.05) is 105 Å². The van der Waals surface area contributed by atoms with Crippen LogP contribution >= 0.6 is 0 Å². The molecule has 3 aromatic carbocycles. The highest BCUT2D eigenvalue weighted by Crippen LogP contribution is 2.38. The van der Waals surface area contributed by atoms with E-state index in [0.29, 0.717) is 0 Å². The molecule has 3 rings (SSSR count). The second kappa shape index (κ2) is 9.73. The lowest BCUT2D eigenvalue weighted by Gasteiger charge is -2.36. The Hall–Kier alpha value is -2.34. The smallest absolute Gasteiger partial charge is 0.00337 e. The third-order valence-electron chi connectivity index (χ3n) is 6.15. The summed E-state index contributed by atoms with van der Waals surface area (Å²) in [6.45, 7) is 6.76. The first kappa shape index (κ1) is 20.4. The van der Waals surface area contributed by atoms with E-state index in [-0.39, 0.29) is 5.41 Å². The van der Waals surface area contributed by atoms with Crippen LogP contribution in [0.15, 0.2) is 78.9 Å². The summed E-state index contributed by atoms with van der Waals surface area (Å²) in [7, 11) is 0. The molecule has 0 saturated carbocycles. The minimum atomic E-state index is 0.135. The molecular weight excluding hydrogens is 336 g/mol. The maximum absolute atomic E-state index is 2.45. The predicted molar refractivity (Wildman–Crippen MR) is 122 cm³/mol. The molecule has 0 radical (unpaired) electrons. The Morgan fingerprint density at radius 3 is 1.71 bits per heavy atom. The molecule has 0 aliphatic rings. The number of unbranched alkanes of at least 4 members (excludes halogenated alkanes) is 2. The molecular formula is C28H34. The highest BCUT2D eigenvalue weighted by molar-refractivity contribution is 5.38. The van der Waals surface area contributed by atoms with Gasteiger partial charge >= 0.3 is 0 Å². The highest BCUT2D eigenvalue weighted by atomic mass is 14.4. The summed E-state index contributed by atoms with van der Waals surface area (Å²) in [6, 6.07) is 29.3. The lowest BCUT2D eigenvalue weighted by molar-refractivity contribution is 0.369. The molecule has 0 spiro atoms. The first-order chi connectivity index (χ1) is 13.6. The van der Waals surface area contributed by atoms with Gasteiger partial charge in [-0.3, -0.25) is 0 Å². The van der Waals surface area contributed by atoms with Gasteiger partial charge in [0.25, 0.3) is 0 Å². The van der Waals surface area contributed by atoms with Gasteiger partial charge in [0.05, 0.1) is 0 Å². The van der Waals surface area contributed by atoms with E-state index in [1.54, 1.807) is 0 Å². The quantitative estimate of drug-likeness (QED) is 0.340. The average Bonchev–Trinajstić information content (AvgIpc) is 2.71. The van der Waals surface area contributed by atoms with Gasteiger partial charge in [0.2, 0.25) is 0 Å². The van der Waals surface area contributed by atoms with Gasteiger partial charge in [-0.25, -0.2) is 0 Å². The summed E-state index contributed by atoms with van der Waals surface area (Å²) >= 11 is 0. The molecule has 0 amide bonds. The topological polar surface area (TPSA) is 0 Å². The second-order valence-electron chi connectivity index (χ2n) is 8.36. The van der Waals surface area contributed by atoms with Crippen molar-refractivity contribution in [3.63, 3.8) is 0 Å². The van der Waals surface area contributed by atoms with Crippen LogP contribution in [-0.4, -0.2) is 0 Å².